The van der Waals surface area contributed by atoms with Crippen LogP contribution in [0.4, 0.5) is 0 Å². The van der Waals surface area contributed by atoms with Crippen molar-refractivity contribution in [3.8, 4) is 0 Å². The Hall–Kier alpha value is -3.15. The van der Waals surface area contributed by atoms with Crippen molar-refractivity contribution in [2.75, 3.05) is 13.2 Å². The molecule has 0 radical (unpaired) electrons. The van der Waals surface area contributed by atoms with Crippen molar-refractivity contribution >= 4 is 17.9 Å². The Bertz CT molecular complexity index is 1000. The first-order valence-corrected chi connectivity index (χ1v) is 20.4. The van der Waals surface area contributed by atoms with Gasteiger partial charge in [-0.3, -0.25) is 14.4 Å². The second-order valence-electron chi connectivity index (χ2n) is 13.2. The second-order valence-corrected chi connectivity index (χ2v) is 13.2. The molecule has 6 nitrogen and oxygen atoms in total. The van der Waals surface area contributed by atoms with Gasteiger partial charge >= 0.3 is 17.9 Å². The number of esters is 3. The van der Waals surface area contributed by atoms with Crippen molar-refractivity contribution in [1.29, 1.82) is 0 Å². The number of carbonyl (C=O) groups is 3. The van der Waals surface area contributed by atoms with E-state index >= 15 is 0 Å². The predicted octanol–water partition coefficient (Wildman–Crippen LogP) is 12.7. The average molecular weight is 711 g/mol. The molecule has 0 aromatic heterocycles. The molecular formula is C45H74O6. The van der Waals surface area contributed by atoms with E-state index in [1.54, 1.807) is 0 Å². The quantitative estimate of drug-likeness (QED) is 0.0282. The van der Waals surface area contributed by atoms with Crippen LogP contribution >= 0.6 is 0 Å². The molecule has 0 rings (SSSR count). The number of allylic oxidation sites excluding steroid dienone is 12. The molecule has 0 aromatic rings. The average Bonchev–Trinajstić information content (AvgIpc) is 3.13. The fraction of sp³-hybridized carbons (Fsp3) is 0.667. The third-order valence-corrected chi connectivity index (χ3v) is 8.18. The number of rotatable bonds is 35. The van der Waals surface area contributed by atoms with E-state index in [1.165, 1.54) is 32.1 Å². The smallest absolute Gasteiger partial charge is 0.306 e. The van der Waals surface area contributed by atoms with Gasteiger partial charge in [0.05, 0.1) is 0 Å². The van der Waals surface area contributed by atoms with Crippen LogP contribution in [0.5, 0.6) is 0 Å². The van der Waals surface area contributed by atoms with Gasteiger partial charge in [0.1, 0.15) is 13.2 Å². The summed E-state index contributed by atoms with van der Waals surface area (Å²) >= 11 is 0. The molecule has 51 heavy (non-hydrogen) atoms. The SMILES string of the molecule is CC/C=C\C/C=C\C/C=C\C/C=C\C/C=C\CCCC(=O)OCC(COC(=O)CCCCCCCC)OC(=O)CCCCCCC/C=C\CCC. The lowest BCUT2D eigenvalue weighted by Crippen LogP contribution is -2.30. The first kappa shape index (κ1) is 47.8. The van der Waals surface area contributed by atoms with Gasteiger partial charge < -0.3 is 14.2 Å². The lowest BCUT2D eigenvalue weighted by molar-refractivity contribution is -0.167. The molecule has 0 aliphatic carbocycles. The first-order valence-electron chi connectivity index (χ1n) is 20.4. The molecule has 0 amide bonds. The molecule has 0 fully saturated rings. The van der Waals surface area contributed by atoms with Crippen LogP contribution in [0.15, 0.2) is 72.9 Å². The molecule has 0 N–H and O–H groups in total. The van der Waals surface area contributed by atoms with Crippen molar-refractivity contribution in [2.45, 2.75) is 181 Å². The predicted molar refractivity (Wildman–Crippen MR) is 214 cm³/mol. The molecule has 0 spiro atoms. The molecule has 1 atom stereocenters. The maximum Gasteiger partial charge on any atom is 0.306 e. The number of ether oxygens (including phenoxy) is 3. The summed E-state index contributed by atoms with van der Waals surface area (Å²) in [5.41, 5.74) is 0. The van der Waals surface area contributed by atoms with Crippen LogP contribution in [0, 0.1) is 0 Å². The van der Waals surface area contributed by atoms with Crippen molar-refractivity contribution in [1.82, 2.24) is 0 Å². The Morgan fingerprint density at radius 1 is 0.412 bits per heavy atom. The minimum Gasteiger partial charge on any atom is -0.462 e. The number of hydrogen-bond donors (Lipinski definition) is 0. The summed E-state index contributed by atoms with van der Waals surface area (Å²) in [5.74, 6) is -0.991. The van der Waals surface area contributed by atoms with Gasteiger partial charge in [0, 0.05) is 19.3 Å². The van der Waals surface area contributed by atoms with Gasteiger partial charge in [-0.2, -0.15) is 0 Å². The molecule has 0 heterocycles. The van der Waals surface area contributed by atoms with Crippen LogP contribution < -0.4 is 0 Å². The van der Waals surface area contributed by atoms with E-state index in [9.17, 15) is 14.4 Å². The van der Waals surface area contributed by atoms with Gasteiger partial charge in [-0.05, 0) is 77.0 Å². The summed E-state index contributed by atoms with van der Waals surface area (Å²) in [6.45, 7) is 6.30. The molecular weight excluding hydrogens is 636 g/mol. The van der Waals surface area contributed by atoms with Gasteiger partial charge in [0.25, 0.3) is 0 Å². The number of hydrogen-bond acceptors (Lipinski definition) is 6. The Morgan fingerprint density at radius 2 is 0.824 bits per heavy atom. The summed E-state index contributed by atoms with van der Waals surface area (Å²) in [6.07, 6.45) is 47.7. The molecule has 1 unspecified atom stereocenters. The molecule has 0 saturated carbocycles. The molecule has 0 aliphatic rings. The van der Waals surface area contributed by atoms with E-state index in [0.29, 0.717) is 19.3 Å². The van der Waals surface area contributed by atoms with Gasteiger partial charge in [-0.1, -0.05) is 151 Å². The highest BCUT2D eigenvalue weighted by molar-refractivity contribution is 5.71. The monoisotopic (exact) mass is 711 g/mol. The fourth-order valence-electron chi connectivity index (χ4n) is 5.12. The largest absolute Gasteiger partial charge is 0.462 e. The molecule has 290 valence electrons. The standard InChI is InChI=1S/C45H74O6/c1-4-7-10-13-16-18-20-21-22-23-24-25-26-28-29-32-35-38-44(47)50-41-42(40-49-43(46)37-34-31-15-12-9-6-3)51-45(48)39-36-33-30-27-19-17-14-11-8-5-2/h7,10-11,14,16,18,21-22,24-25,28-29,42H,4-6,8-9,12-13,15,17,19-20,23,26-27,30-41H2,1-3H3/b10-7-,14-11-,18-16-,22-21-,25-24-,29-28-. The second kappa shape index (κ2) is 39.6. The fourth-order valence-corrected chi connectivity index (χ4v) is 5.12. The third kappa shape index (κ3) is 37.9. The van der Waals surface area contributed by atoms with E-state index in [-0.39, 0.29) is 37.5 Å². The van der Waals surface area contributed by atoms with Crippen LogP contribution in [0.3, 0.4) is 0 Å². The van der Waals surface area contributed by atoms with E-state index in [0.717, 1.165) is 96.3 Å². The summed E-state index contributed by atoms with van der Waals surface area (Å²) in [5, 5.41) is 0. The molecule has 0 aromatic carbocycles. The lowest BCUT2D eigenvalue weighted by Gasteiger charge is -2.18. The van der Waals surface area contributed by atoms with E-state index in [4.69, 9.17) is 14.2 Å². The summed E-state index contributed by atoms with van der Waals surface area (Å²) < 4.78 is 16.5. The van der Waals surface area contributed by atoms with Crippen LogP contribution in [-0.2, 0) is 28.6 Å². The Labute approximate surface area is 312 Å². The topological polar surface area (TPSA) is 78.9 Å². The normalized spacial score (nSPS) is 12.8. The summed E-state index contributed by atoms with van der Waals surface area (Å²) in [4.78, 5) is 37.3. The molecule has 0 bridgehead atoms. The minimum atomic E-state index is -0.796. The van der Waals surface area contributed by atoms with E-state index in [1.807, 2.05) is 0 Å². The van der Waals surface area contributed by atoms with Crippen molar-refractivity contribution in [2.24, 2.45) is 0 Å². The highest BCUT2D eigenvalue weighted by atomic mass is 16.6. The van der Waals surface area contributed by atoms with Gasteiger partial charge in [0.15, 0.2) is 6.10 Å². The molecule has 6 heteroatoms. The highest BCUT2D eigenvalue weighted by Crippen LogP contribution is 2.11. The van der Waals surface area contributed by atoms with Crippen LogP contribution in [0.1, 0.15) is 175 Å². The summed E-state index contributed by atoms with van der Waals surface area (Å²) in [6, 6.07) is 0. The molecule has 0 aliphatic heterocycles. The van der Waals surface area contributed by atoms with E-state index < -0.39 is 6.10 Å². The maximum absolute atomic E-state index is 12.6. The molecule has 0 saturated heterocycles. The lowest BCUT2D eigenvalue weighted by atomic mass is 10.1. The van der Waals surface area contributed by atoms with Crippen molar-refractivity contribution < 1.29 is 28.6 Å². The Balaban J connectivity index is 4.41. The van der Waals surface area contributed by atoms with Crippen molar-refractivity contribution in [3.05, 3.63) is 72.9 Å². The Kier molecular flexibility index (Phi) is 37.2. The zero-order chi connectivity index (χ0) is 37.3. The zero-order valence-electron chi connectivity index (χ0n) is 32.8. The maximum atomic E-state index is 12.6. The number of carbonyl (C=O) groups excluding carboxylic acids is 3. The van der Waals surface area contributed by atoms with Crippen LogP contribution in [0.25, 0.3) is 0 Å². The Morgan fingerprint density at radius 3 is 1.37 bits per heavy atom. The van der Waals surface area contributed by atoms with Gasteiger partial charge in [-0.25, -0.2) is 0 Å². The zero-order valence-corrected chi connectivity index (χ0v) is 32.8. The highest BCUT2D eigenvalue weighted by Gasteiger charge is 2.19. The number of unbranched alkanes of at least 4 members (excludes halogenated alkanes) is 12. The van der Waals surface area contributed by atoms with Gasteiger partial charge in [0.2, 0.25) is 0 Å². The minimum absolute atomic E-state index is 0.0979. The third-order valence-electron chi connectivity index (χ3n) is 8.18. The first-order chi connectivity index (χ1) is 25.0. The van der Waals surface area contributed by atoms with Crippen LogP contribution in [-0.4, -0.2) is 37.2 Å². The van der Waals surface area contributed by atoms with Crippen molar-refractivity contribution in [3.63, 3.8) is 0 Å². The van der Waals surface area contributed by atoms with E-state index in [2.05, 4.69) is 93.7 Å². The summed E-state index contributed by atoms with van der Waals surface area (Å²) in [7, 11) is 0. The van der Waals surface area contributed by atoms with Crippen LogP contribution in [0.2, 0.25) is 0 Å². The van der Waals surface area contributed by atoms with Gasteiger partial charge in [-0.15, -0.1) is 0 Å².